The van der Waals surface area contributed by atoms with Gasteiger partial charge in [-0.25, -0.2) is 13.2 Å². The summed E-state index contributed by atoms with van der Waals surface area (Å²) in [5.74, 6) is -2.50. The highest BCUT2D eigenvalue weighted by Gasteiger charge is 2.48. The monoisotopic (exact) mass is 511 g/mol. The van der Waals surface area contributed by atoms with E-state index in [4.69, 9.17) is 34.2 Å². The molecule has 0 amide bonds. The molecule has 0 aromatic rings. The van der Waals surface area contributed by atoms with Crippen molar-refractivity contribution in [1.82, 2.24) is 0 Å². The summed E-state index contributed by atoms with van der Waals surface area (Å²) in [5.41, 5.74) is 5.70. The summed E-state index contributed by atoms with van der Waals surface area (Å²) in [4.78, 5) is 11.2. The second-order valence-corrected chi connectivity index (χ2v) is 8.68. The predicted octanol–water partition coefficient (Wildman–Crippen LogP) is -4.49. The van der Waals surface area contributed by atoms with Gasteiger partial charge in [0, 0.05) is 0 Å². The van der Waals surface area contributed by atoms with Crippen LogP contribution in [-0.2, 0) is 48.2 Å². The first-order valence-electron chi connectivity index (χ1n) is 8.55. The van der Waals surface area contributed by atoms with Gasteiger partial charge in [0.1, 0.15) is 30.5 Å². The van der Waals surface area contributed by atoms with Gasteiger partial charge in [0.25, 0.3) is 0 Å². The van der Waals surface area contributed by atoms with E-state index in [1.165, 1.54) is 0 Å². The average Bonchev–Trinajstić information content (AvgIpc) is 2.64. The number of aliphatic hydroxyl groups is 3. The molecule has 32 heavy (non-hydrogen) atoms. The predicted molar refractivity (Wildman–Crippen MR) is 95.1 cm³/mol. The summed E-state index contributed by atoms with van der Waals surface area (Å²) < 4.78 is 86.3. The van der Waals surface area contributed by atoms with Crippen LogP contribution in [-0.4, -0.2) is 115 Å². The van der Waals surface area contributed by atoms with Gasteiger partial charge < -0.3 is 40.4 Å². The lowest BCUT2D eigenvalue weighted by molar-refractivity contribution is -0.256. The van der Waals surface area contributed by atoms with Crippen LogP contribution in [0.5, 0.6) is 0 Å². The van der Waals surface area contributed by atoms with Gasteiger partial charge in [0.15, 0.2) is 12.4 Å². The highest BCUT2D eigenvalue weighted by molar-refractivity contribution is 7.81. The largest absolute Gasteiger partial charge is 0.478 e. The van der Waals surface area contributed by atoms with Gasteiger partial charge in [-0.1, -0.05) is 0 Å². The highest BCUT2D eigenvalue weighted by atomic mass is 32.3. The maximum absolute atomic E-state index is 11.2. The Morgan fingerprint density at radius 3 is 2.09 bits per heavy atom. The molecule has 2 rings (SSSR count). The van der Waals surface area contributed by atoms with E-state index in [1.54, 1.807) is 0 Å². The molecule has 0 radical (unpaired) electrons. The first-order valence-corrected chi connectivity index (χ1v) is 11.3. The summed E-state index contributed by atoms with van der Waals surface area (Å²) in [6.07, 6.45) is -11.9. The van der Waals surface area contributed by atoms with Crippen LogP contribution < -0.4 is 5.73 Å². The van der Waals surface area contributed by atoms with Gasteiger partial charge in [-0.05, 0) is 6.08 Å². The number of hydrogen-bond acceptors (Lipinski definition) is 14. The molecule has 186 valence electrons. The normalized spacial score (nSPS) is 36.2. The maximum Gasteiger partial charge on any atom is 0.397 e. The van der Waals surface area contributed by atoms with Crippen LogP contribution in [0.2, 0.25) is 0 Å². The van der Waals surface area contributed by atoms with Gasteiger partial charge in [-0.3, -0.25) is 9.11 Å². The molecule has 1 saturated heterocycles. The molecule has 0 aromatic carbocycles. The van der Waals surface area contributed by atoms with Crippen molar-refractivity contribution in [3.8, 4) is 0 Å². The van der Waals surface area contributed by atoms with Gasteiger partial charge in [0.05, 0.1) is 19.3 Å². The molecule has 19 heteroatoms. The third kappa shape index (κ3) is 7.00. The van der Waals surface area contributed by atoms with Crippen molar-refractivity contribution in [1.29, 1.82) is 0 Å². The van der Waals surface area contributed by atoms with E-state index in [0.717, 1.165) is 0 Å². The Morgan fingerprint density at radius 1 is 1.03 bits per heavy atom. The van der Waals surface area contributed by atoms with Gasteiger partial charge in [0.2, 0.25) is 5.76 Å². The van der Waals surface area contributed by atoms with Crippen LogP contribution in [0.25, 0.3) is 0 Å². The van der Waals surface area contributed by atoms with Crippen molar-refractivity contribution in [3.63, 3.8) is 0 Å². The number of carboxylic acid groups (broad SMARTS) is 1. The van der Waals surface area contributed by atoms with Gasteiger partial charge >= 0.3 is 26.8 Å². The molecule has 2 aliphatic rings. The van der Waals surface area contributed by atoms with E-state index in [-0.39, 0.29) is 0 Å². The fourth-order valence-electron chi connectivity index (χ4n) is 3.01. The van der Waals surface area contributed by atoms with E-state index in [1.807, 2.05) is 0 Å². The molecule has 0 spiro atoms. The Bertz CT molecular complexity index is 918. The zero-order chi connectivity index (χ0) is 24.4. The number of nitrogens with two attached hydrogens (primary N) is 1. The van der Waals surface area contributed by atoms with Crippen molar-refractivity contribution >= 4 is 26.8 Å². The molecule has 1 fully saturated rings. The first kappa shape index (κ1) is 26.8. The Kier molecular flexibility index (Phi) is 8.52. The fraction of sp³-hybridized carbons (Fsp3) is 0.769. The molecule has 0 saturated carbocycles. The minimum absolute atomic E-state index is 0.588. The fourth-order valence-corrected chi connectivity index (χ4v) is 4.04. The van der Waals surface area contributed by atoms with Crippen LogP contribution >= 0.6 is 0 Å². The topological polar surface area (TPSA) is 279 Å². The standard InChI is InChI=1S/C13H21NO16S2/c14-8-11(10(30-32(23,24)25)6(2-15)28-13(8)19)26-3-7-9(29-31(20,21)22)4(16)1-5(27-7)12(17)18/h1,4,6-11,13,15-16,19H,2-3,14H2,(H,17,18)(H,20,21,22)(H,23,24,25)/t4-,6+,7-,8+,9+,10-,11+,13?/m0/s1. The molecule has 1 unspecified atom stereocenters. The lowest BCUT2D eigenvalue weighted by atomic mass is 9.97. The van der Waals surface area contributed by atoms with Crippen molar-refractivity contribution < 1.29 is 73.7 Å². The third-order valence-corrected chi connectivity index (χ3v) is 5.26. The highest BCUT2D eigenvalue weighted by Crippen LogP contribution is 2.28. The summed E-state index contributed by atoms with van der Waals surface area (Å²) >= 11 is 0. The van der Waals surface area contributed by atoms with Crippen molar-refractivity contribution in [2.24, 2.45) is 5.73 Å². The molecule has 2 heterocycles. The van der Waals surface area contributed by atoms with E-state index >= 15 is 0 Å². The number of carboxylic acids is 1. The van der Waals surface area contributed by atoms with Gasteiger partial charge in [-0.2, -0.15) is 16.8 Å². The van der Waals surface area contributed by atoms with Crippen molar-refractivity contribution in [2.45, 2.75) is 49.0 Å². The minimum Gasteiger partial charge on any atom is -0.478 e. The molecular weight excluding hydrogens is 490 g/mol. The molecule has 17 nitrogen and oxygen atoms in total. The van der Waals surface area contributed by atoms with Crippen molar-refractivity contribution in [2.75, 3.05) is 13.2 Å². The average molecular weight is 511 g/mol. The summed E-state index contributed by atoms with van der Waals surface area (Å²) in [7, 11) is -10.3. The van der Waals surface area contributed by atoms with Crippen LogP contribution in [0, 0.1) is 0 Å². The second-order valence-electron chi connectivity index (χ2n) is 6.58. The van der Waals surface area contributed by atoms with E-state index in [2.05, 4.69) is 8.37 Å². The molecule has 0 bridgehead atoms. The summed E-state index contributed by atoms with van der Waals surface area (Å²) in [6, 6.07) is -1.56. The van der Waals surface area contributed by atoms with Crippen LogP contribution in [0.1, 0.15) is 0 Å². The molecule has 8 N–H and O–H groups in total. The Labute approximate surface area is 180 Å². The summed E-state index contributed by atoms with van der Waals surface area (Å²) in [6.45, 7) is -1.81. The summed E-state index contributed by atoms with van der Waals surface area (Å²) in [5, 5.41) is 38.3. The molecule has 2 aliphatic heterocycles. The SMILES string of the molecule is N[C@H]1C(O)O[C@H](CO)[C@H](OS(=O)(=O)O)[C@@H]1OC[C@@H]1OC(C(=O)O)=C[C@H](O)[C@H]1OS(=O)(=O)O. The minimum atomic E-state index is -5.16. The molecule has 0 aromatic heterocycles. The zero-order valence-corrected chi connectivity index (χ0v) is 17.4. The number of carbonyl (C=O) groups is 1. The number of hydrogen-bond donors (Lipinski definition) is 7. The number of ether oxygens (including phenoxy) is 3. The zero-order valence-electron chi connectivity index (χ0n) is 15.8. The van der Waals surface area contributed by atoms with E-state index in [9.17, 15) is 36.9 Å². The van der Waals surface area contributed by atoms with Crippen LogP contribution in [0.4, 0.5) is 0 Å². The second kappa shape index (κ2) is 10.2. The molecule has 0 aliphatic carbocycles. The Hall–Kier alpha value is -1.49. The smallest absolute Gasteiger partial charge is 0.397 e. The third-order valence-electron chi connectivity index (χ3n) is 4.33. The number of aliphatic hydroxyl groups excluding tert-OH is 3. The maximum atomic E-state index is 11.2. The number of aliphatic carboxylic acids is 1. The first-order chi connectivity index (χ1) is 14.6. The lowest BCUT2D eigenvalue weighted by Gasteiger charge is -2.42. The molecular formula is C13H21NO16S2. The van der Waals surface area contributed by atoms with E-state index < -0.39 is 94.7 Å². The quantitative estimate of drug-likeness (QED) is 0.144. The Morgan fingerprint density at radius 2 is 1.59 bits per heavy atom. The van der Waals surface area contributed by atoms with Crippen molar-refractivity contribution in [3.05, 3.63) is 11.8 Å². The number of rotatable bonds is 9. The van der Waals surface area contributed by atoms with Gasteiger partial charge in [-0.15, -0.1) is 0 Å². The molecule has 8 atom stereocenters. The van der Waals surface area contributed by atoms with E-state index in [0.29, 0.717) is 6.08 Å². The van der Waals surface area contributed by atoms with Crippen LogP contribution in [0.3, 0.4) is 0 Å². The van der Waals surface area contributed by atoms with Crippen LogP contribution in [0.15, 0.2) is 11.8 Å². The lowest BCUT2D eigenvalue weighted by Crippen LogP contribution is -2.64. The Balaban J connectivity index is 2.30.